The molecule has 2 N–H and O–H groups in total. The van der Waals surface area contributed by atoms with E-state index < -0.39 is 0 Å². The largest absolute Gasteiger partial charge is 0.377 e. The highest BCUT2D eigenvalue weighted by Gasteiger charge is 2.09. The summed E-state index contributed by atoms with van der Waals surface area (Å²) in [5.41, 5.74) is 6.76. The van der Waals surface area contributed by atoms with E-state index in [1.165, 1.54) is 6.07 Å². The van der Waals surface area contributed by atoms with Crippen molar-refractivity contribution in [2.24, 2.45) is 5.73 Å². The summed E-state index contributed by atoms with van der Waals surface area (Å²) in [6.45, 7) is 4.34. The molecule has 15 heavy (non-hydrogen) atoms. The van der Waals surface area contributed by atoms with Crippen LogP contribution in [0.2, 0.25) is 0 Å². The number of hydrogen-bond acceptors (Lipinski definition) is 2. The number of hydrogen-bond donors (Lipinski definition) is 1. The molecule has 0 aliphatic heterocycles. The first kappa shape index (κ1) is 12.6. The van der Waals surface area contributed by atoms with Gasteiger partial charge in [0, 0.05) is 0 Å². The van der Waals surface area contributed by atoms with Crippen molar-refractivity contribution in [2.45, 2.75) is 26.0 Å². The summed E-state index contributed by atoms with van der Waals surface area (Å²) in [5, 5.41) is 0. The van der Waals surface area contributed by atoms with Gasteiger partial charge in [-0.1, -0.05) is 6.07 Å². The van der Waals surface area contributed by atoms with E-state index >= 15 is 0 Å². The highest BCUT2D eigenvalue weighted by molar-refractivity contribution is 9.10. The van der Waals surface area contributed by atoms with Crippen molar-refractivity contribution in [1.29, 1.82) is 0 Å². The zero-order valence-corrected chi connectivity index (χ0v) is 10.4. The highest BCUT2D eigenvalue weighted by Crippen LogP contribution is 2.20. The molecule has 0 amide bonds. The number of benzene rings is 1. The Balaban J connectivity index is 2.65. The summed E-state index contributed by atoms with van der Waals surface area (Å²) in [7, 11) is 0. The average molecular weight is 276 g/mol. The molecule has 1 unspecified atom stereocenters. The standard InChI is InChI=1S/C11H15BrFNO/c1-7(2)15-6-11(14)8-3-4-10(13)9(12)5-8/h3-5,7,11H,6,14H2,1-2H3. The second kappa shape index (κ2) is 5.58. The first-order valence-corrected chi connectivity index (χ1v) is 5.62. The lowest BCUT2D eigenvalue weighted by Gasteiger charge is -2.15. The highest BCUT2D eigenvalue weighted by atomic mass is 79.9. The van der Waals surface area contributed by atoms with Gasteiger partial charge in [0.1, 0.15) is 5.82 Å². The Kier molecular flexibility index (Phi) is 4.70. The summed E-state index contributed by atoms with van der Waals surface area (Å²) >= 11 is 3.12. The molecule has 1 aromatic rings. The van der Waals surface area contributed by atoms with Gasteiger partial charge in [-0.3, -0.25) is 0 Å². The predicted molar refractivity (Wildman–Crippen MR) is 62.1 cm³/mol. The fraction of sp³-hybridized carbons (Fsp3) is 0.455. The molecule has 1 aromatic carbocycles. The molecule has 0 heterocycles. The lowest BCUT2D eigenvalue weighted by atomic mass is 10.1. The van der Waals surface area contributed by atoms with Gasteiger partial charge in [0.05, 0.1) is 23.2 Å². The van der Waals surface area contributed by atoms with Crippen molar-refractivity contribution < 1.29 is 9.13 Å². The van der Waals surface area contributed by atoms with Crippen molar-refractivity contribution in [1.82, 2.24) is 0 Å². The number of rotatable bonds is 4. The summed E-state index contributed by atoms with van der Waals surface area (Å²) in [6.07, 6.45) is 0.153. The molecule has 0 spiro atoms. The molecular weight excluding hydrogens is 261 g/mol. The van der Waals surface area contributed by atoms with Gasteiger partial charge in [-0.15, -0.1) is 0 Å². The van der Waals surface area contributed by atoms with Crippen LogP contribution in [0.1, 0.15) is 25.5 Å². The van der Waals surface area contributed by atoms with Gasteiger partial charge in [-0.05, 0) is 47.5 Å². The minimum Gasteiger partial charge on any atom is -0.377 e. The van der Waals surface area contributed by atoms with E-state index in [1.807, 2.05) is 13.8 Å². The zero-order valence-electron chi connectivity index (χ0n) is 8.84. The molecule has 0 radical (unpaired) electrons. The summed E-state index contributed by atoms with van der Waals surface area (Å²) in [5.74, 6) is -0.282. The molecule has 0 fully saturated rings. The Morgan fingerprint density at radius 1 is 1.47 bits per heavy atom. The third-order valence-corrected chi connectivity index (χ3v) is 2.59. The van der Waals surface area contributed by atoms with Crippen LogP contribution in [0.5, 0.6) is 0 Å². The van der Waals surface area contributed by atoms with Gasteiger partial charge in [0.15, 0.2) is 0 Å². The van der Waals surface area contributed by atoms with E-state index in [-0.39, 0.29) is 18.0 Å². The summed E-state index contributed by atoms with van der Waals surface area (Å²) in [4.78, 5) is 0. The van der Waals surface area contributed by atoms with Gasteiger partial charge in [0.25, 0.3) is 0 Å². The normalized spacial score (nSPS) is 13.2. The molecule has 4 heteroatoms. The van der Waals surface area contributed by atoms with Gasteiger partial charge in [0.2, 0.25) is 0 Å². The minimum atomic E-state index is -0.282. The average Bonchev–Trinajstić information content (AvgIpc) is 2.18. The van der Waals surface area contributed by atoms with Crippen LogP contribution in [0.25, 0.3) is 0 Å². The molecule has 0 aliphatic rings. The lowest BCUT2D eigenvalue weighted by Crippen LogP contribution is -2.19. The van der Waals surface area contributed by atoms with Crippen molar-refractivity contribution in [2.75, 3.05) is 6.61 Å². The SMILES string of the molecule is CC(C)OCC(N)c1ccc(F)c(Br)c1. The number of halogens is 2. The Bertz CT molecular complexity index is 330. The van der Waals surface area contributed by atoms with E-state index in [0.29, 0.717) is 11.1 Å². The predicted octanol–water partition coefficient (Wildman–Crippen LogP) is 3.01. The minimum absolute atomic E-state index is 0.153. The third kappa shape index (κ3) is 3.89. The van der Waals surface area contributed by atoms with Crippen LogP contribution < -0.4 is 5.73 Å². The zero-order chi connectivity index (χ0) is 11.4. The molecule has 0 aromatic heterocycles. The lowest BCUT2D eigenvalue weighted by molar-refractivity contribution is 0.0683. The first-order chi connectivity index (χ1) is 7.00. The third-order valence-electron chi connectivity index (χ3n) is 1.98. The van der Waals surface area contributed by atoms with E-state index in [1.54, 1.807) is 12.1 Å². The number of nitrogens with two attached hydrogens (primary N) is 1. The summed E-state index contributed by atoms with van der Waals surface area (Å²) < 4.78 is 18.8. The van der Waals surface area contributed by atoms with Crippen molar-refractivity contribution in [3.05, 3.63) is 34.1 Å². The maximum absolute atomic E-state index is 13.0. The molecule has 0 saturated heterocycles. The van der Waals surface area contributed by atoms with Crippen LogP contribution >= 0.6 is 15.9 Å². The van der Waals surface area contributed by atoms with E-state index in [4.69, 9.17) is 10.5 Å². The molecule has 2 nitrogen and oxygen atoms in total. The van der Waals surface area contributed by atoms with Gasteiger partial charge >= 0.3 is 0 Å². The van der Waals surface area contributed by atoms with Gasteiger partial charge < -0.3 is 10.5 Å². The maximum Gasteiger partial charge on any atom is 0.137 e. The van der Waals surface area contributed by atoms with Crippen molar-refractivity contribution >= 4 is 15.9 Å². The van der Waals surface area contributed by atoms with Crippen LogP contribution in [-0.4, -0.2) is 12.7 Å². The second-order valence-corrected chi connectivity index (χ2v) is 4.52. The van der Waals surface area contributed by atoms with E-state index in [0.717, 1.165) is 5.56 Å². The fourth-order valence-corrected chi connectivity index (χ4v) is 1.53. The van der Waals surface area contributed by atoms with Gasteiger partial charge in [-0.25, -0.2) is 4.39 Å². The molecule has 1 atom stereocenters. The Labute approximate surface area is 97.7 Å². The first-order valence-electron chi connectivity index (χ1n) is 4.83. The summed E-state index contributed by atoms with van der Waals surface area (Å²) in [6, 6.07) is 4.54. The maximum atomic E-state index is 13.0. The topological polar surface area (TPSA) is 35.2 Å². The molecular formula is C11H15BrFNO. The molecule has 1 rings (SSSR count). The van der Waals surface area contributed by atoms with Crippen LogP contribution in [-0.2, 0) is 4.74 Å². The van der Waals surface area contributed by atoms with Crippen LogP contribution in [0.15, 0.2) is 22.7 Å². The molecule has 84 valence electrons. The number of ether oxygens (including phenoxy) is 1. The van der Waals surface area contributed by atoms with Crippen LogP contribution in [0.3, 0.4) is 0 Å². The van der Waals surface area contributed by atoms with Crippen molar-refractivity contribution in [3.8, 4) is 0 Å². The van der Waals surface area contributed by atoms with E-state index in [2.05, 4.69) is 15.9 Å². The monoisotopic (exact) mass is 275 g/mol. The Morgan fingerprint density at radius 2 is 2.13 bits per heavy atom. The quantitative estimate of drug-likeness (QED) is 0.917. The molecule has 0 aliphatic carbocycles. The smallest absolute Gasteiger partial charge is 0.137 e. The van der Waals surface area contributed by atoms with Gasteiger partial charge in [-0.2, -0.15) is 0 Å². The molecule has 0 saturated carbocycles. The van der Waals surface area contributed by atoms with E-state index in [9.17, 15) is 4.39 Å². The second-order valence-electron chi connectivity index (χ2n) is 3.66. The van der Waals surface area contributed by atoms with Crippen molar-refractivity contribution in [3.63, 3.8) is 0 Å². The Hall–Kier alpha value is -0.450. The Morgan fingerprint density at radius 3 is 2.67 bits per heavy atom. The molecule has 0 bridgehead atoms. The van der Waals surface area contributed by atoms with Crippen LogP contribution in [0, 0.1) is 5.82 Å². The fourth-order valence-electron chi connectivity index (χ4n) is 1.14. The van der Waals surface area contributed by atoms with Crippen LogP contribution in [0.4, 0.5) is 4.39 Å².